The van der Waals surface area contributed by atoms with E-state index in [1.54, 1.807) is 31.3 Å². The minimum Gasteiger partial charge on any atom is -0.376 e. The number of likely N-dealkylation sites (N-methyl/N-ethyl adjacent to an activating group) is 1. The Balaban J connectivity index is 1.81. The molecule has 126 valence electrons. The zero-order chi connectivity index (χ0) is 17.5. The van der Waals surface area contributed by atoms with Crippen LogP contribution in [0.2, 0.25) is 5.02 Å². The summed E-state index contributed by atoms with van der Waals surface area (Å²) < 4.78 is 0.965. The van der Waals surface area contributed by atoms with Crippen molar-refractivity contribution in [3.05, 3.63) is 58.0 Å². The molecule has 0 atom stereocenters. The van der Waals surface area contributed by atoms with Crippen LogP contribution in [-0.2, 0) is 9.59 Å². The monoisotopic (exact) mass is 409 g/mol. The highest BCUT2D eigenvalue weighted by Gasteiger charge is 2.13. The summed E-state index contributed by atoms with van der Waals surface area (Å²) in [4.78, 5) is 25.4. The molecule has 0 heterocycles. The highest BCUT2D eigenvalue weighted by atomic mass is 79.9. The number of carbonyl (C=O) groups excluding carboxylic acids is 2. The maximum Gasteiger partial charge on any atom is 0.244 e. The van der Waals surface area contributed by atoms with Crippen molar-refractivity contribution in [2.24, 2.45) is 0 Å². The molecule has 2 amide bonds. The quantitative estimate of drug-likeness (QED) is 0.765. The standard InChI is InChI=1S/C17H17BrClN3O2/c1-22(11-16(23)21-15-5-3-2-4-14(15)19)17(24)10-20-13-8-6-12(18)7-9-13/h2-9,20H,10-11H2,1H3,(H,21,23). The molecule has 5 nitrogen and oxygen atoms in total. The van der Waals surface area contributed by atoms with Gasteiger partial charge in [0.15, 0.2) is 0 Å². The predicted molar refractivity (Wildman–Crippen MR) is 100 cm³/mol. The number of benzene rings is 2. The van der Waals surface area contributed by atoms with E-state index in [4.69, 9.17) is 11.6 Å². The van der Waals surface area contributed by atoms with Crippen LogP contribution in [0.15, 0.2) is 53.0 Å². The van der Waals surface area contributed by atoms with Gasteiger partial charge in [-0.2, -0.15) is 0 Å². The number of hydrogen-bond acceptors (Lipinski definition) is 3. The Labute approximate surface area is 154 Å². The zero-order valence-corrected chi connectivity index (χ0v) is 15.4. The van der Waals surface area contributed by atoms with E-state index in [1.807, 2.05) is 24.3 Å². The Bertz CT molecular complexity index is 722. The van der Waals surface area contributed by atoms with E-state index < -0.39 is 0 Å². The number of rotatable bonds is 6. The van der Waals surface area contributed by atoms with E-state index in [0.717, 1.165) is 10.2 Å². The predicted octanol–water partition coefficient (Wildman–Crippen LogP) is 3.61. The molecular formula is C17H17BrClN3O2. The first-order valence-electron chi connectivity index (χ1n) is 7.23. The van der Waals surface area contributed by atoms with E-state index in [-0.39, 0.29) is 24.9 Å². The van der Waals surface area contributed by atoms with Gasteiger partial charge in [-0.15, -0.1) is 0 Å². The third-order valence-corrected chi connectivity index (χ3v) is 4.10. The molecule has 2 N–H and O–H groups in total. The van der Waals surface area contributed by atoms with Gasteiger partial charge in [-0.3, -0.25) is 9.59 Å². The van der Waals surface area contributed by atoms with Gasteiger partial charge in [0.05, 0.1) is 23.8 Å². The summed E-state index contributed by atoms with van der Waals surface area (Å²) in [6, 6.07) is 14.4. The molecule has 0 spiro atoms. The van der Waals surface area contributed by atoms with Crippen LogP contribution in [0.4, 0.5) is 11.4 Å². The molecule has 24 heavy (non-hydrogen) atoms. The number of anilines is 2. The van der Waals surface area contributed by atoms with Crippen LogP contribution in [-0.4, -0.2) is 36.9 Å². The van der Waals surface area contributed by atoms with E-state index >= 15 is 0 Å². The molecular weight excluding hydrogens is 394 g/mol. The first kappa shape index (κ1) is 18.3. The van der Waals surface area contributed by atoms with Gasteiger partial charge in [-0.25, -0.2) is 0 Å². The largest absolute Gasteiger partial charge is 0.376 e. The van der Waals surface area contributed by atoms with Crippen molar-refractivity contribution in [1.82, 2.24) is 4.90 Å². The molecule has 0 saturated heterocycles. The molecule has 2 rings (SSSR count). The summed E-state index contributed by atoms with van der Waals surface area (Å²) in [5, 5.41) is 6.16. The molecule has 0 bridgehead atoms. The molecule has 0 unspecified atom stereocenters. The Morgan fingerprint density at radius 3 is 2.46 bits per heavy atom. The van der Waals surface area contributed by atoms with Crippen molar-refractivity contribution in [2.75, 3.05) is 30.8 Å². The Hall–Kier alpha value is -2.05. The molecule has 0 saturated carbocycles. The first-order chi connectivity index (χ1) is 11.5. The van der Waals surface area contributed by atoms with E-state index in [0.29, 0.717) is 10.7 Å². The zero-order valence-electron chi connectivity index (χ0n) is 13.1. The van der Waals surface area contributed by atoms with Crippen LogP contribution < -0.4 is 10.6 Å². The van der Waals surface area contributed by atoms with Gasteiger partial charge >= 0.3 is 0 Å². The highest BCUT2D eigenvalue weighted by molar-refractivity contribution is 9.10. The fourth-order valence-corrected chi connectivity index (χ4v) is 2.38. The highest BCUT2D eigenvalue weighted by Crippen LogP contribution is 2.20. The second kappa shape index (κ2) is 8.70. The molecule has 0 radical (unpaired) electrons. The van der Waals surface area contributed by atoms with Crippen LogP contribution in [0.1, 0.15) is 0 Å². The van der Waals surface area contributed by atoms with Crippen molar-refractivity contribution < 1.29 is 9.59 Å². The van der Waals surface area contributed by atoms with Crippen LogP contribution in [0.25, 0.3) is 0 Å². The van der Waals surface area contributed by atoms with Gasteiger partial charge < -0.3 is 15.5 Å². The third-order valence-electron chi connectivity index (χ3n) is 3.24. The number of carbonyl (C=O) groups is 2. The normalized spacial score (nSPS) is 10.1. The third kappa shape index (κ3) is 5.54. The Morgan fingerprint density at radius 2 is 1.79 bits per heavy atom. The summed E-state index contributed by atoms with van der Waals surface area (Å²) in [7, 11) is 1.58. The van der Waals surface area contributed by atoms with Gasteiger partial charge in [-0.1, -0.05) is 39.7 Å². The lowest BCUT2D eigenvalue weighted by Gasteiger charge is -2.18. The lowest BCUT2D eigenvalue weighted by molar-refractivity contribution is -0.131. The summed E-state index contributed by atoms with van der Waals surface area (Å²) in [5.41, 5.74) is 1.36. The molecule has 2 aromatic carbocycles. The Kier molecular flexibility index (Phi) is 6.63. The molecule has 2 aromatic rings. The molecule has 0 aromatic heterocycles. The fourth-order valence-electron chi connectivity index (χ4n) is 1.94. The van der Waals surface area contributed by atoms with Crippen molar-refractivity contribution in [2.45, 2.75) is 0 Å². The van der Waals surface area contributed by atoms with Gasteiger partial charge in [-0.05, 0) is 36.4 Å². The van der Waals surface area contributed by atoms with Gasteiger partial charge in [0.2, 0.25) is 11.8 Å². The van der Waals surface area contributed by atoms with Gasteiger partial charge in [0.1, 0.15) is 0 Å². The minimum atomic E-state index is -0.303. The van der Waals surface area contributed by atoms with Crippen molar-refractivity contribution in [3.63, 3.8) is 0 Å². The number of nitrogens with zero attached hydrogens (tertiary/aromatic N) is 1. The number of halogens is 2. The molecule has 0 aliphatic carbocycles. The summed E-state index contributed by atoms with van der Waals surface area (Å²) in [6.45, 7) is 0.0591. The van der Waals surface area contributed by atoms with Crippen LogP contribution >= 0.6 is 27.5 Å². The maximum absolute atomic E-state index is 12.1. The number of para-hydroxylation sites is 1. The minimum absolute atomic E-state index is 0.0495. The number of hydrogen-bond donors (Lipinski definition) is 2. The van der Waals surface area contributed by atoms with Crippen LogP contribution in [0, 0.1) is 0 Å². The molecule has 0 aliphatic heterocycles. The second-order valence-corrected chi connectivity index (χ2v) is 6.46. The molecule has 7 heteroatoms. The summed E-state index contributed by atoms with van der Waals surface area (Å²) >= 11 is 9.34. The van der Waals surface area contributed by atoms with E-state index in [1.165, 1.54) is 4.90 Å². The molecule has 0 aliphatic rings. The SMILES string of the molecule is CN(CC(=O)Nc1ccccc1Cl)C(=O)CNc1ccc(Br)cc1. The fraction of sp³-hybridized carbons (Fsp3) is 0.176. The lowest BCUT2D eigenvalue weighted by Crippen LogP contribution is -2.38. The maximum atomic E-state index is 12.1. The number of nitrogens with one attached hydrogen (secondary N) is 2. The molecule has 0 fully saturated rings. The topological polar surface area (TPSA) is 61.4 Å². The van der Waals surface area contributed by atoms with Gasteiger partial charge in [0.25, 0.3) is 0 Å². The number of amides is 2. The lowest BCUT2D eigenvalue weighted by atomic mass is 10.3. The summed E-state index contributed by atoms with van der Waals surface area (Å²) in [5.74, 6) is -0.491. The average molecular weight is 411 g/mol. The smallest absolute Gasteiger partial charge is 0.244 e. The summed E-state index contributed by atoms with van der Waals surface area (Å²) in [6.07, 6.45) is 0. The van der Waals surface area contributed by atoms with Gasteiger partial charge in [0, 0.05) is 17.2 Å². The van der Waals surface area contributed by atoms with Crippen molar-refractivity contribution in [1.29, 1.82) is 0 Å². The van der Waals surface area contributed by atoms with Crippen molar-refractivity contribution >= 4 is 50.7 Å². The van der Waals surface area contributed by atoms with Crippen molar-refractivity contribution in [3.8, 4) is 0 Å². The van der Waals surface area contributed by atoms with Crippen LogP contribution in [0.5, 0.6) is 0 Å². The van der Waals surface area contributed by atoms with E-state index in [2.05, 4.69) is 26.6 Å². The second-order valence-electron chi connectivity index (χ2n) is 5.14. The first-order valence-corrected chi connectivity index (χ1v) is 8.40. The Morgan fingerprint density at radius 1 is 1.12 bits per heavy atom. The van der Waals surface area contributed by atoms with Crippen LogP contribution in [0.3, 0.4) is 0 Å². The van der Waals surface area contributed by atoms with E-state index in [9.17, 15) is 9.59 Å². The average Bonchev–Trinajstić information content (AvgIpc) is 2.56.